The summed E-state index contributed by atoms with van der Waals surface area (Å²) >= 11 is 0. The summed E-state index contributed by atoms with van der Waals surface area (Å²) in [7, 11) is 0. The van der Waals surface area contributed by atoms with Crippen LogP contribution in [-0.2, 0) is 0 Å². The van der Waals surface area contributed by atoms with Crippen LogP contribution in [0.25, 0.3) is 0 Å². The second-order valence-corrected chi connectivity index (χ2v) is 3.77. The van der Waals surface area contributed by atoms with Crippen molar-refractivity contribution in [3.05, 3.63) is 69.5 Å². The Kier molecular flexibility index (Phi) is 3.14. The maximum absolute atomic E-state index is 12.2. The molecule has 0 radical (unpaired) electrons. The first-order chi connectivity index (χ1) is 8.59. The number of carbonyl (C=O) groups excluding carboxylic acids is 1. The van der Waals surface area contributed by atoms with Gasteiger partial charge in [0.05, 0.1) is 4.92 Å². The predicted octanol–water partition coefficient (Wildman–Crippen LogP) is 2.53. The van der Waals surface area contributed by atoms with Gasteiger partial charge in [-0.05, 0) is 13.0 Å². The van der Waals surface area contributed by atoms with E-state index in [2.05, 4.69) is 4.98 Å². The highest BCUT2D eigenvalue weighted by Gasteiger charge is 2.22. The number of aryl methyl sites for hydroxylation is 1. The molecular weight excluding hydrogens is 232 g/mol. The second-order valence-electron chi connectivity index (χ2n) is 3.77. The van der Waals surface area contributed by atoms with Crippen LogP contribution in [0, 0.1) is 17.0 Å². The SMILES string of the molecule is Cc1ccc([N+](=O)[O-])c(C(=O)c2ccccc2)n1. The lowest BCUT2D eigenvalue weighted by molar-refractivity contribution is -0.385. The van der Waals surface area contributed by atoms with Crippen LogP contribution in [0.3, 0.4) is 0 Å². The first-order valence-corrected chi connectivity index (χ1v) is 5.31. The normalized spacial score (nSPS) is 10.1. The van der Waals surface area contributed by atoms with Gasteiger partial charge in [0.2, 0.25) is 5.78 Å². The van der Waals surface area contributed by atoms with E-state index in [9.17, 15) is 14.9 Å². The summed E-state index contributed by atoms with van der Waals surface area (Å²) in [5.74, 6) is -0.439. The van der Waals surface area contributed by atoms with E-state index in [0.29, 0.717) is 11.3 Å². The second kappa shape index (κ2) is 4.75. The third kappa shape index (κ3) is 2.24. The van der Waals surface area contributed by atoms with Gasteiger partial charge in [-0.15, -0.1) is 0 Å². The van der Waals surface area contributed by atoms with Gasteiger partial charge in [0.15, 0.2) is 5.69 Å². The molecule has 18 heavy (non-hydrogen) atoms. The number of nitro groups is 1. The third-order valence-electron chi connectivity index (χ3n) is 2.46. The van der Waals surface area contributed by atoms with Gasteiger partial charge >= 0.3 is 0 Å². The molecule has 0 fully saturated rings. The molecular formula is C13H10N2O3. The van der Waals surface area contributed by atoms with Crippen LogP contribution in [0.15, 0.2) is 42.5 Å². The number of pyridine rings is 1. The number of benzene rings is 1. The van der Waals surface area contributed by atoms with Crippen LogP contribution < -0.4 is 0 Å². The predicted molar refractivity (Wildman–Crippen MR) is 65.5 cm³/mol. The molecule has 0 saturated heterocycles. The van der Waals surface area contributed by atoms with Crippen molar-refractivity contribution in [1.82, 2.24) is 4.98 Å². The molecule has 1 heterocycles. The zero-order valence-electron chi connectivity index (χ0n) is 9.66. The van der Waals surface area contributed by atoms with Gasteiger partial charge in [-0.1, -0.05) is 30.3 Å². The van der Waals surface area contributed by atoms with E-state index in [4.69, 9.17) is 0 Å². The maximum Gasteiger partial charge on any atom is 0.298 e. The van der Waals surface area contributed by atoms with E-state index in [1.54, 1.807) is 37.3 Å². The van der Waals surface area contributed by atoms with E-state index < -0.39 is 10.7 Å². The molecule has 0 spiro atoms. The van der Waals surface area contributed by atoms with Gasteiger partial charge in [0.1, 0.15) is 0 Å². The Morgan fingerprint density at radius 1 is 1.17 bits per heavy atom. The first-order valence-electron chi connectivity index (χ1n) is 5.31. The maximum atomic E-state index is 12.2. The molecule has 5 nitrogen and oxygen atoms in total. The zero-order valence-corrected chi connectivity index (χ0v) is 9.66. The number of rotatable bonds is 3. The van der Waals surface area contributed by atoms with Gasteiger partial charge in [0, 0.05) is 17.3 Å². The van der Waals surface area contributed by atoms with E-state index in [1.807, 2.05) is 0 Å². The summed E-state index contributed by atoms with van der Waals surface area (Å²) in [4.78, 5) is 26.4. The minimum absolute atomic E-state index is 0.119. The van der Waals surface area contributed by atoms with Crippen LogP contribution in [0.5, 0.6) is 0 Å². The smallest absolute Gasteiger partial charge is 0.287 e. The van der Waals surface area contributed by atoms with Crippen LogP contribution >= 0.6 is 0 Å². The van der Waals surface area contributed by atoms with Crippen molar-refractivity contribution in [1.29, 1.82) is 0 Å². The highest BCUT2D eigenvalue weighted by atomic mass is 16.6. The van der Waals surface area contributed by atoms with E-state index in [0.717, 1.165) is 0 Å². The molecule has 0 saturated carbocycles. The number of hydrogen-bond acceptors (Lipinski definition) is 4. The van der Waals surface area contributed by atoms with Crippen molar-refractivity contribution in [2.24, 2.45) is 0 Å². The highest BCUT2D eigenvalue weighted by Crippen LogP contribution is 2.20. The summed E-state index contributed by atoms with van der Waals surface area (Å²) < 4.78 is 0. The lowest BCUT2D eigenvalue weighted by Crippen LogP contribution is -2.08. The molecule has 1 aromatic carbocycles. The lowest BCUT2D eigenvalue weighted by Gasteiger charge is -2.02. The fourth-order valence-electron chi connectivity index (χ4n) is 1.59. The van der Waals surface area contributed by atoms with Gasteiger partial charge in [-0.3, -0.25) is 14.9 Å². The fourth-order valence-corrected chi connectivity index (χ4v) is 1.59. The van der Waals surface area contributed by atoms with E-state index in [-0.39, 0.29) is 11.4 Å². The molecule has 0 N–H and O–H groups in total. The number of aromatic nitrogens is 1. The lowest BCUT2D eigenvalue weighted by atomic mass is 10.1. The molecule has 1 aromatic heterocycles. The highest BCUT2D eigenvalue weighted by molar-refractivity contribution is 6.10. The molecule has 5 heteroatoms. The summed E-state index contributed by atoms with van der Waals surface area (Å²) in [5, 5.41) is 10.9. The van der Waals surface area contributed by atoms with Crippen molar-refractivity contribution in [2.75, 3.05) is 0 Å². The third-order valence-corrected chi connectivity index (χ3v) is 2.46. The molecule has 0 aliphatic heterocycles. The molecule has 2 rings (SSSR count). The first kappa shape index (κ1) is 11.9. The minimum Gasteiger partial charge on any atom is -0.287 e. The van der Waals surface area contributed by atoms with Crippen molar-refractivity contribution >= 4 is 11.5 Å². The van der Waals surface area contributed by atoms with E-state index >= 15 is 0 Å². The van der Waals surface area contributed by atoms with Gasteiger partial charge in [0.25, 0.3) is 5.69 Å². The summed E-state index contributed by atoms with van der Waals surface area (Å²) in [5.41, 5.74) is 0.569. The number of ketones is 1. The molecule has 2 aromatic rings. The largest absolute Gasteiger partial charge is 0.298 e. The van der Waals surface area contributed by atoms with Crippen molar-refractivity contribution in [3.63, 3.8) is 0 Å². The van der Waals surface area contributed by atoms with Crippen molar-refractivity contribution in [2.45, 2.75) is 6.92 Å². The van der Waals surface area contributed by atoms with Crippen LogP contribution in [-0.4, -0.2) is 15.7 Å². The quantitative estimate of drug-likeness (QED) is 0.471. The molecule has 0 atom stereocenters. The summed E-state index contributed by atoms with van der Waals surface area (Å²) in [6, 6.07) is 11.2. The Morgan fingerprint density at radius 2 is 1.83 bits per heavy atom. The molecule has 0 bridgehead atoms. The molecule has 0 amide bonds. The molecule has 0 unspecified atom stereocenters. The molecule has 0 aliphatic rings. The molecule has 0 aliphatic carbocycles. The Bertz CT molecular complexity index is 609. The Balaban J connectivity index is 2.54. The Labute approximate surface area is 103 Å². The van der Waals surface area contributed by atoms with Gasteiger partial charge in [-0.2, -0.15) is 0 Å². The van der Waals surface area contributed by atoms with E-state index in [1.165, 1.54) is 12.1 Å². The van der Waals surface area contributed by atoms with Gasteiger partial charge in [-0.25, -0.2) is 4.98 Å². The van der Waals surface area contributed by atoms with Crippen molar-refractivity contribution < 1.29 is 9.72 Å². The van der Waals surface area contributed by atoms with Crippen molar-refractivity contribution in [3.8, 4) is 0 Å². The number of hydrogen-bond donors (Lipinski definition) is 0. The van der Waals surface area contributed by atoms with Gasteiger partial charge < -0.3 is 0 Å². The average molecular weight is 242 g/mol. The monoisotopic (exact) mass is 242 g/mol. The molecule has 90 valence electrons. The Morgan fingerprint density at radius 3 is 2.44 bits per heavy atom. The average Bonchev–Trinajstić information content (AvgIpc) is 2.38. The van der Waals surface area contributed by atoms with Crippen LogP contribution in [0.1, 0.15) is 21.7 Å². The van der Waals surface area contributed by atoms with Crippen LogP contribution in [0.4, 0.5) is 5.69 Å². The Hall–Kier alpha value is -2.56. The fraction of sp³-hybridized carbons (Fsp3) is 0.0769. The summed E-state index contributed by atoms with van der Waals surface area (Å²) in [6.07, 6.45) is 0. The zero-order chi connectivity index (χ0) is 13.1. The number of nitrogens with zero attached hydrogens (tertiary/aromatic N) is 2. The number of carbonyl (C=O) groups is 1. The summed E-state index contributed by atoms with van der Waals surface area (Å²) in [6.45, 7) is 1.69. The van der Waals surface area contributed by atoms with Crippen LogP contribution in [0.2, 0.25) is 0 Å². The standard InChI is InChI=1S/C13H10N2O3/c1-9-7-8-11(15(17)18)12(14-9)13(16)10-5-3-2-4-6-10/h2-8H,1H3. The topological polar surface area (TPSA) is 73.1 Å². The minimum atomic E-state index is -0.595.